The summed E-state index contributed by atoms with van der Waals surface area (Å²) in [5.74, 6) is -1.37. The van der Waals surface area contributed by atoms with Crippen molar-refractivity contribution in [3.05, 3.63) is 11.4 Å². The highest BCUT2D eigenvalue weighted by Gasteiger charge is 2.27. The molecule has 0 saturated carbocycles. The molecule has 0 radical (unpaired) electrons. The van der Waals surface area contributed by atoms with Crippen LogP contribution in [0.4, 0.5) is 0 Å². The first-order valence-electron chi connectivity index (χ1n) is 6.54. The van der Waals surface area contributed by atoms with E-state index in [1.807, 2.05) is 0 Å². The molecule has 0 aliphatic heterocycles. The van der Waals surface area contributed by atoms with E-state index < -0.39 is 11.9 Å². The fourth-order valence-electron chi connectivity index (χ4n) is 1.58. The number of nitrogens with zero attached hydrogens (tertiary/aromatic N) is 3. The van der Waals surface area contributed by atoms with Crippen molar-refractivity contribution in [1.82, 2.24) is 15.0 Å². The van der Waals surface area contributed by atoms with Gasteiger partial charge in [0.25, 0.3) is 0 Å². The van der Waals surface area contributed by atoms with E-state index in [9.17, 15) is 9.59 Å². The van der Waals surface area contributed by atoms with Gasteiger partial charge >= 0.3 is 11.9 Å². The van der Waals surface area contributed by atoms with Crippen LogP contribution in [-0.4, -0.2) is 51.9 Å². The summed E-state index contributed by atoms with van der Waals surface area (Å²) in [4.78, 5) is 23.6. The number of carbonyl (C=O) groups excluding carboxylic acids is 2. The summed E-state index contributed by atoms with van der Waals surface area (Å²) in [5.41, 5.74) is -0.155. The maximum atomic E-state index is 11.9. The van der Waals surface area contributed by atoms with Crippen LogP contribution in [0.25, 0.3) is 0 Å². The zero-order valence-electron chi connectivity index (χ0n) is 11.7. The Morgan fingerprint density at radius 2 is 1.80 bits per heavy atom. The zero-order chi connectivity index (χ0) is 15.0. The first-order chi connectivity index (χ1) is 9.65. The number of aliphatic hydroxyl groups excluding tert-OH is 1. The summed E-state index contributed by atoms with van der Waals surface area (Å²) < 4.78 is 11.0. The molecule has 0 aliphatic rings. The molecule has 0 aromatic carbocycles. The molecule has 1 aromatic rings. The minimum Gasteiger partial charge on any atom is -0.461 e. The fraction of sp³-hybridized carbons (Fsp3) is 0.667. The highest BCUT2D eigenvalue weighted by molar-refractivity contribution is 6.00. The molecule has 0 amide bonds. The van der Waals surface area contributed by atoms with Gasteiger partial charge in [0.05, 0.1) is 13.2 Å². The molecule has 1 heterocycles. The first-order valence-corrected chi connectivity index (χ1v) is 6.54. The summed E-state index contributed by atoms with van der Waals surface area (Å²) in [6, 6.07) is 0. The minimum absolute atomic E-state index is 0.0109. The SMILES string of the molecule is CCOC(=O)c1nnn(CCCCO)c1C(=O)OCC. The number of carbonyl (C=O) groups is 2. The van der Waals surface area contributed by atoms with Gasteiger partial charge in [0, 0.05) is 13.2 Å². The number of unbranched alkanes of at least 4 members (excludes halogenated alkanes) is 1. The van der Waals surface area contributed by atoms with Crippen LogP contribution >= 0.6 is 0 Å². The summed E-state index contributed by atoms with van der Waals surface area (Å²) in [5, 5.41) is 16.2. The van der Waals surface area contributed by atoms with Gasteiger partial charge in [-0.3, -0.25) is 0 Å². The molecule has 0 aliphatic carbocycles. The van der Waals surface area contributed by atoms with Crippen molar-refractivity contribution in [2.45, 2.75) is 33.2 Å². The number of aryl methyl sites for hydroxylation is 1. The van der Waals surface area contributed by atoms with E-state index in [-0.39, 0.29) is 31.2 Å². The van der Waals surface area contributed by atoms with Crippen molar-refractivity contribution in [1.29, 1.82) is 0 Å². The van der Waals surface area contributed by atoms with Gasteiger partial charge < -0.3 is 14.6 Å². The zero-order valence-corrected chi connectivity index (χ0v) is 11.7. The highest BCUT2D eigenvalue weighted by atomic mass is 16.5. The minimum atomic E-state index is -0.705. The third kappa shape index (κ3) is 4.02. The average molecular weight is 285 g/mol. The lowest BCUT2D eigenvalue weighted by Gasteiger charge is -2.06. The molecule has 1 aromatic heterocycles. The van der Waals surface area contributed by atoms with Crippen LogP contribution in [0.15, 0.2) is 0 Å². The fourth-order valence-corrected chi connectivity index (χ4v) is 1.58. The Morgan fingerprint density at radius 1 is 1.15 bits per heavy atom. The van der Waals surface area contributed by atoms with E-state index in [2.05, 4.69) is 10.3 Å². The Hall–Kier alpha value is -1.96. The Morgan fingerprint density at radius 3 is 2.40 bits per heavy atom. The molecule has 8 nitrogen and oxygen atoms in total. The third-order valence-electron chi connectivity index (χ3n) is 2.45. The standard InChI is InChI=1S/C12H19N3O5/c1-3-19-11(17)9-10(12(18)20-4-2)15(14-13-9)7-5-6-8-16/h16H,3-8H2,1-2H3. The molecule has 20 heavy (non-hydrogen) atoms. The van der Waals surface area contributed by atoms with Gasteiger partial charge in [-0.05, 0) is 26.7 Å². The van der Waals surface area contributed by atoms with Gasteiger partial charge in [-0.2, -0.15) is 0 Å². The van der Waals surface area contributed by atoms with Crippen LogP contribution in [-0.2, 0) is 16.0 Å². The molecule has 0 saturated heterocycles. The van der Waals surface area contributed by atoms with Gasteiger partial charge in [-0.15, -0.1) is 5.10 Å². The Kier molecular flexibility index (Phi) is 6.65. The predicted molar refractivity (Wildman–Crippen MR) is 68.3 cm³/mol. The van der Waals surface area contributed by atoms with Crippen molar-refractivity contribution in [3.8, 4) is 0 Å². The Bertz CT molecular complexity index is 458. The number of esters is 2. The largest absolute Gasteiger partial charge is 0.461 e. The lowest BCUT2D eigenvalue weighted by Crippen LogP contribution is -2.18. The van der Waals surface area contributed by atoms with Crippen LogP contribution < -0.4 is 0 Å². The van der Waals surface area contributed by atoms with Gasteiger partial charge in [0.15, 0.2) is 5.69 Å². The van der Waals surface area contributed by atoms with E-state index in [4.69, 9.17) is 14.6 Å². The summed E-state index contributed by atoms with van der Waals surface area (Å²) in [7, 11) is 0. The van der Waals surface area contributed by atoms with Gasteiger partial charge in [0.1, 0.15) is 0 Å². The number of hydrogen-bond donors (Lipinski definition) is 1. The van der Waals surface area contributed by atoms with Gasteiger partial charge in [-0.1, -0.05) is 5.21 Å². The van der Waals surface area contributed by atoms with Crippen LogP contribution in [0.1, 0.15) is 47.7 Å². The molecule has 1 N–H and O–H groups in total. The molecule has 0 atom stereocenters. The molecular formula is C12H19N3O5. The Balaban J connectivity index is 2.99. The second kappa shape index (κ2) is 8.26. The summed E-state index contributed by atoms with van der Waals surface area (Å²) in [6.45, 7) is 4.10. The van der Waals surface area contributed by atoms with E-state index in [1.54, 1.807) is 13.8 Å². The van der Waals surface area contributed by atoms with Crippen LogP contribution in [0.3, 0.4) is 0 Å². The molecule has 0 bridgehead atoms. The normalized spacial score (nSPS) is 10.3. The van der Waals surface area contributed by atoms with E-state index in [0.29, 0.717) is 19.4 Å². The first kappa shape index (κ1) is 16.1. The van der Waals surface area contributed by atoms with Crippen molar-refractivity contribution in [3.63, 3.8) is 0 Å². The second-order valence-corrected chi connectivity index (χ2v) is 3.88. The van der Waals surface area contributed by atoms with Crippen LogP contribution in [0, 0.1) is 0 Å². The monoisotopic (exact) mass is 285 g/mol. The van der Waals surface area contributed by atoms with Crippen molar-refractivity contribution < 1.29 is 24.2 Å². The lowest BCUT2D eigenvalue weighted by atomic mass is 10.3. The quantitative estimate of drug-likeness (QED) is 0.544. The topological polar surface area (TPSA) is 104 Å². The number of aliphatic hydroxyl groups is 1. The average Bonchev–Trinajstić information content (AvgIpc) is 2.83. The van der Waals surface area contributed by atoms with Gasteiger partial charge in [0.2, 0.25) is 5.69 Å². The molecule has 0 fully saturated rings. The number of rotatable bonds is 8. The summed E-state index contributed by atoms with van der Waals surface area (Å²) >= 11 is 0. The third-order valence-corrected chi connectivity index (χ3v) is 2.45. The molecule has 0 unspecified atom stereocenters. The molecule has 8 heteroatoms. The highest BCUT2D eigenvalue weighted by Crippen LogP contribution is 2.10. The number of ether oxygens (including phenoxy) is 2. The molecule has 112 valence electrons. The smallest absolute Gasteiger partial charge is 0.361 e. The summed E-state index contributed by atoms with van der Waals surface area (Å²) in [6.07, 6.45) is 1.17. The van der Waals surface area contributed by atoms with E-state index in [1.165, 1.54) is 4.68 Å². The molecule has 0 spiro atoms. The maximum Gasteiger partial charge on any atom is 0.361 e. The Labute approximate surface area is 116 Å². The van der Waals surface area contributed by atoms with Crippen molar-refractivity contribution >= 4 is 11.9 Å². The van der Waals surface area contributed by atoms with E-state index >= 15 is 0 Å². The van der Waals surface area contributed by atoms with Gasteiger partial charge in [-0.25, -0.2) is 14.3 Å². The van der Waals surface area contributed by atoms with Crippen molar-refractivity contribution in [2.75, 3.05) is 19.8 Å². The lowest BCUT2D eigenvalue weighted by molar-refractivity contribution is 0.0466. The maximum absolute atomic E-state index is 11.9. The number of hydrogen-bond acceptors (Lipinski definition) is 7. The van der Waals surface area contributed by atoms with Crippen LogP contribution in [0.5, 0.6) is 0 Å². The van der Waals surface area contributed by atoms with Crippen LogP contribution in [0.2, 0.25) is 0 Å². The van der Waals surface area contributed by atoms with E-state index in [0.717, 1.165) is 0 Å². The predicted octanol–water partition coefficient (Wildman–Crippen LogP) is 0.404. The second-order valence-electron chi connectivity index (χ2n) is 3.88. The molecule has 1 rings (SSSR count). The van der Waals surface area contributed by atoms with Crippen molar-refractivity contribution in [2.24, 2.45) is 0 Å². The number of aromatic nitrogens is 3. The molecular weight excluding hydrogens is 266 g/mol.